The Morgan fingerprint density at radius 3 is 2.64 bits per heavy atom. The van der Waals surface area contributed by atoms with Crippen molar-refractivity contribution in [2.45, 2.75) is 43.9 Å². The highest BCUT2D eigenvalue weighted by atomic mass is 31.2. The molecule has 1 aromatic heterocycles. The van der Waals surface area contributed by atoms with Gasteiger partial charge in [0, 0.05) is 12.6 Å². The van der Waals surface area contributed by atoms with Gasteiger partial charge in [0.05, 0.1) is 17.8 Å². The van der Waals surface area contributed by atoms with E-state index in [0.29, 0.717) is 0 Å². The fourth-order valence-corrected chi connectivity index (χ4v) is 3.20. The highest BCUT2D eigenvalue weighted by molar-refractivity contribution is 7.57. The SMILES string of the molecule is C=C(O)P(=O)(O)OC(C)C[C@H]1O[C@@H](c2c[nH]c(=O)[nH]c2=O)[C@H](O)[C@@H]1O. The maximum Gasteiger partial charge on any atom is 0.392 e. The normalized spacial score (nSPS) is 29.9. The van der Waals surface area contributed by atoms with Gasteiger partial charge in [-0.05, 0) is 13.5 Å². The third-order valence-corrected chi connectivity index (χ3v) is 5.03. The fourth-order valence-electron chi connectivity index (χ4n) is 2.51. The number of aromatic amines is 2. The first-order valence-electron chi connectivity index (χ1n) is 7.26. The molecule has 6 atom stereocenters. The van der Waals surface area contributed by atoms with Crippen LogP contribution >= 0.6 is 7.60 Å². The number of H-pyrrole nitrogens is 2. The molecule has 0 radical (unpaired) electrons. The molecule has 140 valence electrons. The van der Waals surface area contributed by atoms with Crippen molar-refractivity contribution in [1.82, 2.24) is 9.97 Å². The molecule has 2 rings (SSSR count). The molecule has 1 fully saturated rings. The van der Waals surface area contributed by atoms with Gasteiger partial charge in [0.2, 0.25) is 0 Å². The number of hydrogen-bond acceptors (Lipinski definition) is 8. The first-order valence-corrected chi connectivity index (χ1v) is 8.84. The van der Waals surface area contributed by atoms with Crippen molar-refractivity contribution in [3.05, 3.63) is 44.7 Å². The van der Waals surface area contributed by atoms with E-state index >= 15 is 0 Å². The van der Waals surface area contributed by atoms with Gasteiger partial charge in [-0.3, -0.25) is 14.3 Å². The second-order valence-electron chi connectivity index (χ2n) is 5.69. The Labute approximate surface area is 141 Å². The minimum atomic E-state index is -4.43. The Balaban J connectivity index is 2.12. The van der Waals surface area contributed by atoms with Crippen LogP contribution in [0.2, 0.25) is 0 Å². The Hall–Kier alpha value is -1.75. The molecule has 1 saturated heterocycles. The van der Waals surface area contributed by atoms with Crippen molar-refractivity contribution >= 4 is 7.60 Å². The van der Waals surface area contributed by atoms with E-state index in [9.17, 15) is 29.3 Å². The first kappa shape index (κ1) is 19.6. The number of rotatable bonds is 6. The third kappa shape index (κ3) is 4.27. The van der Waals surface area contributed by atoms with Crippen molar-refractivity contribution < 1.29 is 34.0 Å². The summed E-state index contributed by atoms with van der Waals surface area (Å²) >= 11 is 0. The summed E-state index contributed by atoms with van der Waals surface area (Å²) in [6.07, 6.45) is -5.08. The van der Waals surface area contributed by atoms with Gasteiger partial charge in [-0.15, -0.1) is 0 Å². The van der Waals surface area contributed by atoms with Gasteiger partial charge in [-0.2, -0.15) is 0 Å². The van der Waals surface area contributed by atoms with Gasteiger partial charge < -0.3 is 34.5 Å². The van der Waals surface area contributed by atoms with Gasteiger partial charge in [-0.1, -0.05) is 0 Å². The van der Waals surface area contributed by atoms with E-state index in [-0.39, 0.29) is 12.0 Å². The van der Waals surface area contributed by atoms with Gasteiger partial charge in [0.1, 0.15) is 18.3 Å². The zero-order valence-corrected chi connectivity index (χ0v) is 14.1. The lowest BCUT2D eigenvalue weighted by Crippen LogP contribution is -2.34. The van der Waals surface area contributed by atoms with Crippen LogP contribution in [0.3, 0.4) is 0 Å². The van der Waals surface area contributed by atoms with Crippen molar-refractivity contribution in [2.75, 3.05) is 0 Å². The minimum absolute atomic E-state index is 0.0845. The lowest BCUT2D eigenvalue weighted by molar-refractivity contribution is -0.0155. The molecule has 1 aromatic rings. The Morgan fingerprint density at radius 1 is 1.44 bits per heavy atom. The predicted octanol–water partition coefficient (Wildman–Crippen LogP) is -0.765. The standard InChI is InChI=1S/C13H19N2O9P/c1-5(24-25(21,22)6(2)16)3-8-9(17)10(18)11(23-8)7-4-14-13(20)15-12(7)19/h4-5,8-11,16-18H,2-3H2,1H3,(H,21,22)(H2,14,15,19,20)/t5?,8-,9-,10-,11+/m1/s1. The molecule has 11 nitrogen and oxygen atoms in total. The topological polar surface area (TPSA) is 182 Å². The molecule has 0 saturated carbocycles. The molecule has 25 heavy (non-hydrogen) atoms. The third-order valence-electron chi connectivity index (χ3n) is 3.73. The van der Waals surface area contributed by atoms with E-state index in [4.69, 9.17) is 14.4 Å². The van der Waals surface area contributed by atoms with Crippen LogP contribution < -0.4 is 11.2 Å². The average molecular weight is 378 g/mol. The van der Waals surface area contributed by atoms with Gasteiger partial charge in [0.25, 0.3) is 5.56 Å². The number of hydrogen-bond donors (Lipinski definition) is 6. The smallest absolute Gasteiger partial charge is 0.392 e. The lowest BCUT2D eigenvalue weighted by Gasteiger charge is -2.21. The highest BCUT2D eigenvalue weighted by Crippen LogP contribution is 2.50. The van der Waals surface area contributed by atoms with Crippen molar-refractivity contribution in [3.63, 3.8) is 0 Å². The van der Waals surface area contributed by atoms with Crippen LogP contribution in [0.5, 0.6) is 0 Å². The van der Waals surface area contributed by atoms with E-state index in [1.807, 2.05) is 4.98 Å². The number of aliphatic hydroxyl groups is 3. The quantitative estimate of drug-likeness (QED) is 0.273. The van der Waals surface area contributed by atoms with Crippen molar-refractivity contribution in [1.29, 1.82) is 0 Å². The lowest BCUT2D eigenvalue weighted by atomic mass is 10.0. The molecule has 1 aliphatic heterocycles. The predicted molar refractivity (Wildman–Crippen MR) is 84.1 cm³/mol. The zero-order valence-electron chi connectivity index (χ0n) is 13.2. The van der Waals surface area contributed by atoms with Gasteiger partial charge in [0.15, 0.2) is 5.50 Å². The van der Waals surface area contributed by atoms with Crippen molar-refractivity contribution in [3.8, 4) is 0 Å². The Bertz CT molecular complexity index is 803. The van der Waals surface area contributed by atoms with Gasteiger partial charge in [-0.25, -0.2) is 4.79 Å². The minimum Gasteiger partial charge on any atom is -0.502 e. The average Bonchev–Trinajstić information content (AvgIpc) is 2.75. The second-order valence-corrected chi connectivity index (χ2v) is 7.46. The first-order chi connectivity index (χ1) is 11.5. The summed E-state index contributed by atoms with van der Waals surface area (Å²) in [5, 5.41) is 29.2. The summed E-state index contributed by atoms with van der Waals surface area (Å²) in [7, 11) is -4.43. The van der Waals surface area contributed by atoms with Crippen LogP contribution in [0, 0.1) is 0 Å². The molecule has 0 aliphatic carbocycles. The van der Waals surface area contributed by atoms with E-state index in [1.54, 1.807) is 0 Å². The van der Waals surface area contributed by atoms with E-state index in [1.165, 1.54) is 6.92 Å². The molecule has 0 spiro atoms. The highest BCUT2D eigenvalue weighted by Gasteiger charge is 2.45. The molecule has 2 unspecified atom stereocenters. The summed E-state index contributed by atoms with van der Waals surface area (Å²) in [5.74, 6) is 0. The Kier molecular flexibility index (Phi) is 5.67. The van der Waals surface area contributed by atoms with Gasteiger partial charge >= 0.3 is 13.3 Å². The van der Waals surface area contributed by atoms with E-state index < -0.39 is 54.9 Å². The summed E-state index contributed by atoms with van der Waals surface area (Å²) in [5.41, 5.74) is -2.62. The maximum absolute atomic E-state index is 11.8. The Morgan fingerprint density at radius 2 is 2.08 bits per heavy atom. The zero-order chi connectivity index (χ0) is 18.9. The summed E-state index contributed by atoms with van der Waals surface area (Å²) in [6, 6.07) is 0. The summed E-state index contributed by atoms with van der Waals surface area (Å²) < 4.78 is 21.8. The molecule has 0 bridgehead atoms. The maximum atomic E-state index is 11.8. The number of ether oxygens (including phenoxy) is 1. The molecule has 6 N–H and O–H groups in total. The second kappa shape index (κ2) is 7.24. The molecule has 1 aliphatic rings. The van der Waals surface area contributed by atoms with Crippen LogP contribution in [-0.4, -0.2) is 54.6 Å². The molecule has 0 aromatic carbocycles. The number of aliphatic hydroxyl groups excluding tert-OH is 3. The van der Waals surface area contributed by atoms with Crippen molar-refractivity contribution in [2.24, 2.45) is 0 Å². The van der Waals surface area contributed by atoms with Crippen LogP contribution in [0.1, 0.15) is 25.0 Å². The summed E-state index contributed by atoms with van der Waals surface area (Å²) in [4.78, 5) is 36.4. The largest absolute Gasteiger partial charge is 0.502 e. The van der Waals surface area contributed by atoms with Crippen LogP contribution in [0.4, 0.5) is 0 Å². The van der Waals surface area contributed by atoms with E-state index in [2.05, 4.69) is 11.6 Å². The van der Waals surface area contributed by atoms with E-state index in [0.717, 1.165) is 6.20 Å². The number of nitrogens with one attached hydrogen (secondary N) is 2. The fraction of sp³-hybridized carbons (Fsp3) is 0.538. The molecular weight excluding hydrogens is 359 g/mol. The molecule has 2 heterocycles. The molecule has 12 heteroatoms. The number of aromatic nitrogens is 2. The monoisotopic (exact) mass is 378 g/mol. The molecule has 0 amide bonds. The van der Waals surface area contributed by atoms with Crippen LogP contribution in [0.25, 0.3) is 0 Å². The molecular formula is C13H19N2O9P. The van der Waals surface area contributed by atoms with Crippen LogP contribution in [-0.2, 0) is 13.8 Å². The summed E-state index contributed by atoms with van der Waals surface area (Å²) in [6.45, 7) is 4.33. The van der Waals surface area contributed by atoms with Crippen LogP contribution in [0.15, 0.2) is 27.9 Å².